The van der Waals surface area contributed by atoms with Crippen molar-refractivity contribution >= 4 is 22.6 Å². The number of imidazole rings is 1. The highest BCUT2D eigenvalue weighted by Crippen LogP contribution is 2.22. The SMILES string of the molecule is CCCCn1c(CC#N)nc2c(Cl)nccc21. The van der Waals surface area contributed by atoms with Crippen molar-refractivity contribution in [3.05, 3.63) is 23.2 Å². The van der Waals surface area contributed by atoms with E-state index >= 15 is 0 Å². The summed E-state index contributed by atoms with van der Waals surface area (Å²) in [5.41, 5.74) is 1.65. The summed E-state index contributed by atoms with van der Waals surface area (Å²) in [5, 5.41) is 9.21. The molecule has 0 bridgehead atoms. The van der Waals surface area contributed by atoms with Crippen LogP contribution in [0.1, 0.15) is 25.6 Å². The van der Waals surface area contributed by atoms with Crippen molar-refractivity contribution in [1.82, 2.24) is 14.5 Å². The van der Waals surface area contributed by atoms with Crippen molar-refractivity contribution in [2.75, 3.05) is 0 Å². The molecule has 2 aromatic rings. The Hall–Kier alpha value is -1.60. The topological polar surface area (TPSA) is 54.5 Å². The fourth-order valence-electron chi connectivity index (χ4n) is 1.84. The maximum absolute atomic E-state index is 8.81. The van der Waals surface area contributed by atoms with E-state index in [9.17, 15) is 0 Å². The maximum atomic E-state index is 8.81. The molecule has 0 fully saturated rings. The van der Waals surface area contributed by atoms with Crippen molar-refractivity contribution in [2.24, 2.45) is 0 Å². The molecule has 4 nitrogen and oxygen atoms in total. The first-order chi connectivity index (χ1) is 8.27. The number of rotatable bonds is 4. The first kappa shape index (κ1) is 11.9. The predicted octanol–water partition coefficient (Wildman–Crippen LogP) is 2.95. The third-order valence-electron chi connectivity index (χ3n) is 2.67. The normalized spacial score (nSPS) is 10.6. The zero-order chi connectivity index (χ0) is 12.3. The van der Waals surface area contributed by atoms with E-state index in [4.69, 9.17) is 16.9 Å². The highest BCUT2D eigenvalue weighted by Gasteiger charge is 2.12. The van der Waals surface area contributed by atoms with E-state index in [1.54, 1.807) is 6.20 Å². The van der Waals surface area contributed by atoms with E-state index in [1.807, 2.05) is 6.07 Å². The van der Waals surface area contributed by atoms with E-state index in [0.29, 0.717) is 17.1 Å². The number of nitrogens with zero attached hydrogens (tertiary/aromatic N) is 4. The van der Waals surface area contributed by atoms with Crippen LogP contribution in [0.3, 0.4) is 0 Å². The second-order valence-electron chi connectivity index (χ2n) is 3.84. The summed E-state index contributed by atoms with van der Waals surface area (Å²) in [6, 6.07) is 4.03. The molecule has 0 unspecified atom stereocenters. The molecule has 0 aliphatic carbocycles. The lowest BCUT2D eigenvalue weighted by Crippen LogP contribution is -2.03. The van der Waals surface area contributed by atoms with Crippen LogP contribution in [-0.2, 0) is 13.0 Å². The van der Waals surface area contributed by atoms with Crippen molar-refractivity contribution in [1.29, 1.82) is 5.26 Å². The van der Waals surface area contributed by atoms with Crippen LogP contribution >= 0.6 is 11.6 Å². The molecular formula is C12H13ClN4. The average Bonchev–Trinajstić information content (AvgIpc) is 2.67. The smallest absolute Gasteiger partial charge is 0.156 e. The Morgan fingerprint density at radius 1 is 1.53 bits per heavy atom. The van der Waals surface area contributed by atoms with E-state index in [2.05, 4.69) is 27.5 Å². The van der Waals surface area contributed by atoms with Gasteiger partial charge in [-0.1, -0.05) is 24.9 Å². The van der Waals surface area contributed by atoms with Crippen LogP contribution in [0.25, 0.3) is 11.0 Å². The van der Waals surface area contributed by atoms with Gasteiger partial charge in [-0.05, 0) is 12.5 Å². The Morgan fingerprint density at radius 2 is 2.35 bits per heavy atom. The highest BCUT2D eigenvalue weighted by molar-refractivity contribution is 6.33. The van der Waals surface area contributed by atoms with Crippen molar-refractivity contribution < 1.29 is 0 Å². The minimum absolute atomic E-state index is 0.300. The Balaban J connectivity index is 2.55. The molecular weight excluding hydrogens is 236 g/mol. The van der Waals surface area contributed by atoms with E-state index < -0.39 is 0 Å². The number of fused-ring (bicyclic) bond motifs is 1. The second kappa shape index (κ2) is 5.15. The van der Waals surface area contributed by atoms with E-state index in [1.165, 1.54) is 0 Å². The molecule has 0 saturated heterocycles. The maximum Gasteiger partial charge on any atom is 0.156 e. The Kier molecular flexibility index (Phi) is 3.60. The summed E-state index contributed by atoms with van der Waals surface area (Å²) in [4.78, 5) is 8.41. The molecule has 0 amide bonds. The van der Waals surface area contributed by atoms with Crippen LogP contribution in [0.2, 0.25) is 5.15 Å². The molecule has 0 radical (unpaired) electrons. The summed E-state index contributed by atoms with van der Waals surface area (Å²) in [7, 11) is 0. The van der Waals surface area contributed by atoms with Gasteiger partial charge in [0.1, 0.15) is 11.3 Å². The lowest BCUT2D eigenvalue weighted by atomic mass is 10.3. The number of hydrogen-bond donors (Lipinski definition) is 0. The predicted molar refractivity (Wildman–Crippen MR) is 66.8 cm³/mol. The molecule has 0 N–H and O–H groups in total. The molecule has 2 aromatic heterocycles. The van der Waals surface area contributed by atoms with Gasteiger partial charge in [-0.2, -0.15) is 5.26 Å². The van der Waals surface area contributed by atoms with Gasteiger partial charge in [-0.25, -0.2) is 9.97 Å². The van der Waals surface area contributed by atoms with Crippen LogP contribution < -0.4 is 0 Å². The Labute approximate surface area is 105 Å². The number of aromatic nitrogens is 3. The first-order valence-corrected chi connectivity index (χ1v) is 6.02. The largest absolute Gasteiger partial charge is 0.327 e. The number of halogens is 1. The fraction of sp³-hybridized carbons (Fsp3) is 0.417. The standard InChI is InChI=1S/C12H13ClN4/c1-2-3-8-17-9-5-7-15-12(13)11(9)16-10(17)4-6-14/h5,7H,2-4,8H2,1H3. The summed E-state index contributed by atoms with van der Waals surface area (Å²) >= 11 is 6.01. The van der Waals surface area contributed by atoms with Crippen LogP contribution in [0.4, 0.5) is 0 Å². The molecule has 0 aromatic carbocycles. The van der Waals surface area contributed by atoms with Gasteiger partial charge in [-0.15, -0.1) is 0 Å². The molecule has 2 heterocycles. The third-order valence-corrected chi connectivity index (χ3v) is 2.95. The van der Waals surface area contributed by atoms with Gasteiger partial charge in [0.2, 0.25) is 0 Å². The summed E-state index contributed by atoms with van der Waals surface area (Å²) < 4.78 is 2.07. The van der Waals surface area contributed by atoms with Crippen LogP contribution in [0, 0.1) is 11.3 Å². The van der Waals surface area contributed by atoms with E-state index in [0.717, 1.165) is 30.7 Å². The first-order valence-electron chi connectivity index (χ1n) is 5.64. The lowest BCUT2D eigenvalue weighted by Gasteiger charge is -2.05. The molecule has 0 saturated carbocycles. The van der Waals surface area contributed by atoms with Crippen molar-refractivity contribution in [2.45, 2.75) is 32.7 Å². The minimum Gasteiger partial charge on any atom is -0.327 e. The second-order valence-corrected chi connectivity index (χ2v) is 4.20. The van der Waals surface area contributed by atoms with Gasteiger partial charge in [0.25, 0.3) is 0 Å². The van der Waals surface area contributed by atoms with E-state index in [-0.39, 0.29) is 0 Å². The Bertz CT molecular complexity index is 568. The number of aryl methyl sites for hydroxylation is 1. The molecule has 5 heteroatoms. The van der Waals surface area contributed by atoms with Crippen LogP contribution in [-0.4, -0.2) is 14.5 Å². The van der Waals surface area contributed by atoms with Crippen LogP contribution in [0.5, 0.6) is 0 Å². The summed E-state index contributed by atoms with van der Waals surface area (Å²) in [5.74, 6) is 0.769. The number of unbranched alkanes of at least 4 members (excludes halogenated alkanes) is 1. The number of pyridine rings is 1. The van der Waals surface area contributed by atoms with Crippen molar-refractivity contribution in [3.8, 4) is 6.07 Å². The zero-order valence-electron chi connectivity index (χ0n) is 9.65. The molecule has 0 atom stereocenters. The van der Waals surface area contributed by atoms with Gasteiger partial charge in [0.05, 0.1) is 18.0 Å². The molecule has 2 rings (SSSR count). The Morgan fingerprint density at radius 3 is 3.06 bits per heavy atom. The van der Waals surface area contributed by atoms with Gasteiger partial charge in [0.15, 0.2) is 5.15 Å². The molecule has 0 spiro atoms. The van der Waals surface area contributed by atoms with Gasteiger partial charge in [-0.3, -0.25) is 0 Å². The fourth-order valence-corrected chi connectivity index (χ4v) is 2.04. The lowest BCUT2D eigenvalue weighted by molar-refractivity contribution is 0.625. The minimum atomic E-state index is 0.300. The van der Waals surface area contributed by atoms with Gasteiger partial charge in [0, 0.05) is 12.7 Å². The summed E-state index contributed by atoms with van der Waals surface area (Å²) in [6.45, 7) is 3.00. The molecule has 0 aliphatic heterocycles. The molecule has 0 aliphatic rings. The average molecular weight is 249 g/mol. The van der Waals surface area contributed by atoms with Crippen LogP contribution in [0.15, 0.2) is 12.3 Å². The van der Waals surface area contributed by atoms with Crippen molar-refractivity contribution in [3.63, 3.8) is 0 Å². The van der Waals surface area contributed by atoms with Gasteiger partial charge >= 0.3 is 0 Å². The zero-order valence-corrected chi connectivity index (χ0v) is 10.4. The number of nitriles is 1. The number of hydrogen-bond acceptors (Lipinski definition) is 3. The quantitative estimate of drug-likeness (QED) is 0.782. The monoisotopic (exact) mass is 248 g/mol. The molecule has 88 valence electrons. The molecule has 17 heavy (non-hydrogen) atoms. The third kappa shape index (κ3) is 2.25. The van der Waals surface area contributed by atoms with Gasteiger partial charge < -0.3 is 4.57 Å². The summed E-state index contributed by atoms with van der Waals surface area (Å²) in [6.07, 6.45) is 4.13. The highest BCUT2D eigenvalue weighted by atomic mass is 35.5.